The van der Waals surface area contributed by atoms with E-state index in [1.54, 1.807) is 20.3 Å². The van der Waals surface area contributed by atoms with Gasteiger partial charge < -0.3 is 14.8 Å². The fourth-order valence-electron chi connectivity index (χ4n) is 2.72. The number of carbonyl (C=O) groups is 1. The largest absolute Gasteiger partial charge is 0.497 e. The molecule has 1 aromatic heterocycles. The number of amides is 1. The zero-order chi connectivity index (χ0) is 17.8. The number of methoxy groups -OCH3 is 2. The Kier molecular flexibility index (Phi) is 4.84. The lowest BCUT2D eigenvalue weighted by atomic mass is 10.1. The second kappa shape index (κ2) is 7.21. The summed E-state index contributed by atoms with van der Waals surface area (Å²) in [4.78, 5) is 17.0. The number of pyridine rings is 1. The van der Waals surface area contributed by atoms with Crippen molar-refractivity contribution in [3.05, 3.63) is 65.9 Å². The van der Waals surface area contributed by atoms with E-state index < -0.39 is 0 Å². The summed E-state index contributed by atoms with van der Waals surface area (Å²) in [6.07, 6.45) is 0. The number of nitrogens with zero attached hydrogens (tertiary/aromatic N) is 1. The van der Waals surface area contributed by atoms with Crippen molar-refractivity contribution in [3.63, 3.8) is 0 Å². The van der Waals surface area contributed by atoms with Crippen LogP contribution in [0.1, 0.15) is 29.0 Å². The molecule has 128 valence electrons. The van der Waals surface area contributed by atoms with Gasteiger partial charge in [0.05, 0.1) is 25.8 Å². The van der Waals surface area contributed by atoms with Gasteiger partial charge in [-0.25, -0.2) is 4.98 Å². The van der Waals surface area contributed by atoms with Gasteiger partial charge in [-0.05, 0) is 37.3 Å². The Morgan fingerprint density at radius 3 is 2.60 bits per heavy atom. The summed E-state index contributed by atoms with van der Waals surface area (Å²) in [6, 6.07) is 16.6. The summed E-state index contributed by atoms with van der Waals surface area (Å²) in [5.74, 6) is 1.17. The minimum Gasteiger partial charge on any atom is -0.497 e. The number of hydrogen-bond acceptors (Lipinski definition) is 4. The standard InChI is InChI=1S/C20H20N2O3/c1-13(16-12-15(24-2)9-11-19(16)25-3)21-20(23)18-10-8-14-6-4-5-7-17(14)22-18/h4-13H,1-3H3,(H,21,23)/t13-/m0/s1. The first-order valence-corrected chi connectivity index (χ1v) is 8.01. The smallest absolute Gasteiger partial charge is 0.270 e. The summed E-state index contributed by atoms with van der Waals surface area (Å²) >= 11 is 0. The van der Waals surface area contributed by atoms with E-state index >= 15 is 0 Å². The number of ether oxygens (including phenoxy) is 2. The molecule has 0 unspecified atom stereocenters. The topological polar surface area (TPSA) is 60.5 Å². The molecular formula is C20H20N2O3. The van der Waals surface area contributed by atoms with Crippen LogP contribution in [0.5, 0.6) is 11.5 Å². The van der Waals surface area contributed by atoms with Crippen molar-refractivity contribution < 1.29 is 14.3 Å². The molecule has 2 aromatic carbocycles. The molecule has 0 aliphatic rings. The van der Waals surface area contributed by atoms with Crippen LogP contribution in [-0.4, -0.2) is 25.1 Å². The van der Waals surface area contributed by atoms with Crippen LogP contribution in [0.25, 0.3) is 10.9 Å². The van der Waals surface area contributed by atoms with Crippen LogP contribution in [-0.2, 0) is 0 Å². The third-order valence-corrected chi connectivity index (χ3v) is 4.08. The average molecular weight is 336 g/mol. The zero-order valence-corrected chi connectivity index (χ0v) is 14.4. The molecular weight excluding hydrogens is 316 g/mol. The first-order chi connectivity index (χ1) is 12.1. The van der Waals surface area contributed by atoms with Crippen LogP contribution in [0.2, 0.25) is 0 Å². The SMILES string of the molecule is COc1ccc(OC)c([C@H](C)NC(=O)c2ccc3ccccc3n2)c1. The van der Waals surface area contributed by atoms with Crippen LogP contribution in [0.15, 0.2) is 54.6 Å². The van der Waals surface area contributed by atoms with Crippen molar-refractivity contribution >= 4 is 16.8 Å². The lowest BCUT2D eigenvalue weighted by Gasteiger charge is -2.18. The minimum absolute atomic E-state index is 0.233. The summed E-state index contributed by atoms with van der Waals surface area (Å²) in [5.41, 5.74) is 2.02. The highest BCUT2D eigenvalue weighted by Crippen LogP contribution is 2.29. The number of hydrogen-bond donors (Lipinski definition) is 1. The molecule has 0 aliphatic heterocycles. The van der Waals surface area contributed by atoms with Gasteiger partial charge >= 0.3 is 0 Å². The Morgan fingerprint density at radius 1 is 1.04 bits per heavy atom. The molecule has 3 aromatic rings. The maximum absolute atomic E-state index is 12.6. The molecule has 0 fully saturated rings. The van der Waals surface area contributed by atoms with Crippen molar-refractivity contribution in [3.8, 4) is 11.5 Å². The lowest BCUT2D eigenvalue weighted by Crippen LogP contribution is -2.27. The summed E-state index contributed by atoms with van der Waals surface area (Å²) < 4.78 is 10.7. The third-order valence-electron chi connectivity index (χ3n) is 4.08. The molecule has 5 heteroatoms. The molecule has 1 amide bonds. The fraction of sp³-hybridized carbons (Fsp3) is 0.200. The van der Waals surface area contributed by atoms with Crippen LogP contribution < -0.4 is 14.8 Å². The molecule has 0 aliphatic carbocycles. The van der Waals surface area contributed by atoms with E-state index in [1.807, 2.05) is 55.5 Å². The molecule has 0 spiro atoms. The van der Waals surface area contributed by atoms with E-state index in [0.29, 0.717) is 17.2 Å². The van der Waals surface area contributed by atoms with E-state index in [1.165, 1.54) is 0 Å². The van der Waals surface area contributed by atoms with E-state index in [0.717, 1.165) is 16.5 Å². The monoisotopic (exact) mass is 336 g/mol. The number of para-hydroxylation sites is 1. The minimum atomic E-state index is -0.258. The Balaban J connectivity index is 1.84. The molecule has 0 bridgehead atoms. The van der Waals surface area contributed by atoms with E-state index in [-0.39, 0.29) is 11.9 Å². The van der Waals surface area contributed by atoms with Gasteiger partial charge in [0.15, 0.2) is 0 Å². The molecule has 3 rings (SSSR count). The predicted molar refractivity (Wildman–Crippen MR) is 97.2 cm³/mol. The number of carbonyl (C=O) groups excluding carboxylic acids is 1. The molecule has 1 atom stereocenters. The van der Waals surface area contributed by atoms with Crippen LogP contribution in [0.4, 0.5) is 0 Å². The summed E-state index contributed by atoms with van der Waals surface area (Å²) in [5, 5.41) is 3.97. The quantitative estimate of drug-likeness (QED) is 0.771. The van der Waals surface area contributed by atoms with Crippen LogP contribution >= 0.6 is 0 Å². The maximum Gasteiger partial charge on any atom is 0.270 e. The highest BCUT2D eigenvalue weighted by Gasteiger charge is 2.17. The normalized spacial score (nSPS) is 11.8. The van der Waals surface area contributed by atoms with Gasteiger partial charge in [0.25, 0.3) is 5.91 Å². The first-order valence-electron chi connectivity index (χ1n) is 8.01. The van der Waals surface area contributed by atoms with Gasteiger partial charge in [0.2, 0.25) is 0 Å². The van der Waals surface area contributed by atoms with Crippen molar-refractivity contribution in [2.75, 3.05) is 14.2 Å². The van der Waals surface area contributed by atoms with E-state index in [2.05, 4.69) is 10.3 Å². The lowest BCUT2D eigenvalue weighted by molar-refractivity contribution is 0.0934. The molecule has 0 saturated heterocycles. The number of rotatable bonds is 5. The molecule has 1 heterocycles. The fourth-order valence-corrected chi connectivity index (χ4v) is 2.72. The summed E-state index contributed by atoms with van der Waals surface area (Å²) in [6.45, 7) is 1.90. The van der Waals surface area contributed by atoms with Crippen molar-refractivity contribution in [2.45, 2.75) is 13.0 Å². The number of benzene rings is 2. The van der Waals surface area contributed by atoms with Crippen molar-refractivity contribution in [1.29, 1.82) is 0 Å². The highest BCUT2D eigenvalue weighted by atomic mass is 16.5. The molecule has 0 radical (unpaired) electrons. The maximum atomic E-state index is 12.6. The van der Waals surface area contributed by atoms with Gasteiger partial charge in [0, 0.05) is 10.9 Å². The Bertz CT molecular complexity index is 908. The molecule has 1 N–H and O–H groups in total. The number of fused-ring (bicyclic) bond motifs is 1. The second-order valence-electron chi connectivity index (χ2n) is 5.69. The average Bonchev–Trinajstić information content (AvgIpc) is 2.66. The van der Waals surface area contributed by atoms with Crippen LogP contribution in [0, 0.1) is 0 Å². The predicted octanol–water partition coefficient (Wildman–Crippen LogP) is 3.74. The first kappa shape index (κ1) is 16.8. The Morgan fingerprint density at radius 2 is 1.84 bits per heavy atom. The molecule has 0 saturated carbocycles. The van der Waals surface area contributed by atoms with Gasteiger partial charge in [-0.15, -0.1) is 0 Å². The van der Waals surface area contributed by atoms with Gasteiger partial charge in [0.1, 0.15) is 17.2 Å². The van der Waals surface area contributed by atoms with Crippen LogP contribution in [0.3, 0.4) is 0 Å². The highest BCUT2D eigenvalue weighted by molar-refractivity contribution is 5.95. The number of aromatic nitrogens is 1. The van der Waals surface area contributed by atoms with Gasteiger partial charge in [-0.1, -0.05) is 24.3 Å². The molecule has 25 heavy (non-hydrogen) atoms. The third kappa shape index (κ3) is 3.55. The Labute approximate surface area is 146 Å². The second-order valence-corrected chi connectivity index (χ2v) is 5.69. The summed E-state index contributed by atoms with van der Waals surface area (Å²) in [7, 11) is 3.21. The van der Waals surface area contributed by atoms with E-state index in [4.69, 9.17) is 9.47 Å². The van der Waals surface area contributed by atoms with Crippen molar-refractivity contribution in [2.24, 2.45) is 0 Å². The van der Waals surface area contributed by atoms with Crippen molar-refractivity contribution in [1.82, 2.24) is 10.3 Å². The van der Waals surface area contributed by atoms with Gasteiger partial charge in [-0.2, -0.15) is 0 Å². The Hall–Kier alpha value is -3.08. The molecule has 5 nitrogen and oxygen atoms in total. The van der Waals surface area contributed by atoms with E-state index in [9.17, 15) is 4.79 Å². The number of nitrogens with one attached hydrogen (secondary N) is 1. The zero-order valence-electron chi connectivity index (χ0n) is 14.4. The van der Waals surface area contributed by atoms with Gasteiger partial charge in [-0.3, -0.25) is 4.79 Å².